The first-order valence-corrected chi connectivity index (χ1v) is 7.05. The molecule has 0 amide bonds. The van der Waals surface area contributed by atoms with Crippen LogP contribution in [0.2, 0.25) is 0 Å². The Kier molecular flexibility index (Phi) is 4.69. The summed E-state index contributed by atoms with van der Waals surface area (Å²) in [5.74, 6) is 1.77. The van der Waals surface area contributed by atoms with E-state index in [9.17, 15) is 0 Å². The molecular weight excluding hydrogens is 268 g/mol. The first-order chi connectivity index (χ1) is 9.61. The molecule has 0 radical (unpaired) electrons. The lowest BCUT2D eigenvalue weighted by Gasteiger charge is -2.15. The van der Waals surface area contributed by atoms with E-state index in [1.54, 1.807) is 18.3 Å². The number of thiocarbonyl (C=S) groups is 1. The predicted octanol–water partition coefficient (Wildman–Crippen LogP) is 4.02. The number of benzene rings is 1. The van der Waals surface area contributed by atoms with E-state index in [0.717, 1.165) is 17.7 Å². The number of nitrogens with zero attached hydrogens (tertiary/aromatic N) is 1. The number of rotatable bonds is 5. The quantitative estimate of drug-likeness (QED) is 0.843. The van der Waals surface area contributed by atoms with Crippen LogP contribution in [-0.2, 0) is 0 Å². The molecule has 0 saturated carbocycles. The Balaban J connectivity index is 2.30. The van der Waals surface area contributed by atoms with Crippen LogP contribution < -0.4 is 10.5 Å². The second kappa shape index (κ2) is 6.48. The van der Waals surface area contributed by atoms with Crippen molar-refractivity contribution < 1.29 is 4.74 Å². The highest BCUT2D eigenvalue weighted by Crippen LogP contribution is 2.31. The van der Waals surface area contributed by atoms with E-state index in [2.05, 4.69) is 24.9 Å². The standard InChI is InChI=1S/C16H18N2OS/c1-3-11(2)13-6-4-5-7-14(13)19-15-10-12(16(17)20)8-9-18-15/h4-11H,3H2,1-2H3,(H2,17,20). The minimum atomic E-state index is 0.340. The Hall–Kier alpha value is -1.94. The Bertz CT molecular complexity index is 613. The van der Waals surface area contributed by atoms with Crippen molar-refractivity contribution in [3.63, 3.8) is 0 Å². The van der Waals surface area contributed by atoms with Gasteiger partial charge in [-0.3, -0.25) is 0 Å². The van der Waals surface area contributed by atoms with Crippen molar-refractivity contribution in [2.24, 2.45) is 5.73 Å². The van der Waals surface area contributed by atoms with Gasteiger partial charge >= 0.3 is 0 Å². The highest BCUT2D eigenvalue weighted by atomic mass is 32.1. The van der Waals surface area contributed by atoms with Gasteiger partial charge in [-0.25, -0.2) is 4.98 Å². The smallest absolute Gasteiger partial charge is 0.219 e. The summed E-state index contributed by atoms with van der Waals surface area (Å²) in [5, 5.41) is 0. The van der Waals surface area contributed by atoms with E-state index in [4.69, 9.17) is 22.7 Å². The monoisotopic (exact) mass is 286 g/mol. The predicted molar refractivity (Wildman–Crippen MR) is 85.3 cm³/mol. The molecule has 4 heteroatoms. The summed E-state index contributed by atoms with van der Waals surface area (Å²) in [7, 11) is 0. The molecular formula is C16H18N2OS. The molecule has 1 heterocycles. The number of hydrogen-bond acceptors (Lipinski definition) is 3. The first-order valence-electron chi connectivity index (χ1n) is 6.64. The molecule has 0 spiro atoms. The van der Waals surface area contributed by atoms with Gasteiger partial charge in [0.05, 0.1) is 0 Å². The van der Waals surface area contributed by atoms with Gasteiger partial charge in [-0.05, 0) is 30.0 Å². The minimum Gasteiger partial charge on any atom is -0.439 e. The third kappa shape index (κ3) is 3.33. The molecule has 0 bridgehead atoms. The number of para-hydroxylation sites is 1. The summed E-state index contributed by atoms with van der Waals surface area (Å²) in [6.07, 6.45) is 2.70. The van der Waals surface area contributed by atoms with E-state index in [1.165, 1.54) is 5.56 Å². The number of nitrogens with two attached hydrogens (primary N) is 1. The van der Waals surface area contributed by atoms with Crippen LogP contribution in [0.3, 0.4) is 0 Å². The number of pyridine rings is 1. The van der Waals surface area contributed by atoms with E-state index < -0.39 is 0 Å². The second-order valence-electron chi connectivity index (χ2n) is 4.70. The van der Waals surface area contributed by atoms with Crippen molar-refractivity contribution in [3.05, 3.63) is 53.7 Å². The van der Waals surface area contributed by atoms with Gasteiger partial charge in [0.15, 0.2) is 0 Å². The minimum absolute atomic E-state index is 0.340. The summed E-state index contributed by atoms with van der Waals surface area (Å²) in [5.41, 5.74) is 7.56. The van der Waals surface area contributed by atoms with Crippen LogP contribution in [0.4, 0.5) is 0 Å². The molecule has 2 rings (SSSR count). The van der Waals surface area contributed by atoms with Gasteiger partial charge in [0, 0.05) is 17.8 Å². The lowest BCUT2D eigenvalue weighted by molar-refractivity contribution is 0.452. The molecule has 0 saturated heterocycles. The van der Waals surface area contributed by atoms with Crippen molar-refractivity contribution >= 4 is 17.2 Å². The highest BCUT2D eigenvalue weighted by molar-refractivity contribution is 7.80. The molecule has 1 atom stereocenters. The third-order valence-corrected chi connectivity index (χ3v) is 3.53. The van der Waals surface area contributed by atoms with Crippen molar-refractivity contribution in [3.8, 4) is 11.6 Å². The molecule has 2 N–H and O–H groups in total. The molecule has 1 unspecified atom stereocenters. The van der Waals surface area contributed by atoms with Crippen LogP contribution in [0.1, 0.15) is 37.3 Å². The van der Waals surface area contributed by atoms with E-state index in [1.807, 2.05) is 18.2 Å². The SMILES string of the molecule is CCC(C)c1ccccc1Oc1cc(C(N)=S)ccn1. The summed E-state index contributed by atoms with van der Waals surface area (Å²) < 4.78 is 5.90. The third-order valence-electron chi connectivity index (χ3n) is 3.30. The fourth-order valence-electron chi connectivity index (χ4n) is 1.93. The Morgan fingerprint density at radius 2 is 2.10 bits per heavy atom. The lowest BCUT2D eigenvalue weighted by Crippen LogP contribution is -2.09. The van der Waals surface area contributed by atoms with Crippen LogP contribution in [0.5, 0.6) is 11.6 Å². The van der Waals surface area contributed by atoms with Gasteiger partial charge in [0.2, 0.25) is 5.88 Å². The fourth-order valence-corrected chi connectivity index (χ4v) is 2.06. The normalized spacial score (nSPS) is 11.9. The molecule has 20 heavy (non-hydrogen) atoms. The fraction of sp³-hybridized carbons (Fsp3) is 0.250. The van der Waals surface area contributed by atoms with Crippen molar-refractivity contribution in [1.29, 1.82) is 0 Å². The summed E-state index contributed by atoms with van der Waals surface area (Å²) in [6.45, 7) is 4.34. The Morgan fingerprint density at radius 1 is 1.35 bits per heavy atom. The van der Waals surface area contributed by atoms with Gasteiger partial charge < -0.3 is 10.5 Å². The van der Waals surface area contributed by atoms with Crippen LogP contribution in [0.15, 0.2) is 42.6 Å². The summed E-state index contributed by atoms with van der Waals surface area (Å²) in [6, 6.07) is 11.6. The van der Waals surface area contributed by atoms with Crippen molar-refractivity contribution in [2.75, 3.05) is 0 Å². The molecule has 3 nitrogen and oxygen atoms in total. The largest absolute Gasteiger partial charge is 0.439 e. The molecule has 1 aromatic heterocycles. The second-order valence-corrected chi connectivity index (χ2v) is 5.14. The maximum Gasteiger partial charge on any atom is 0.219 e. The number of hydrogen-bond donors (Lipinski definition) is 1. The summed E-state index contributed by atoms with van der Waals surface area (Å²) in [4.78, 5) is 4.55. The van der Waals surface area contributed by atoms with Crippen LogP contribution in [0, 0.1) is 0 Å². The van der Waals surface area contributed by atoms with Gasteiger partial charge in [0.25, 0.3) is 0 Å². The zero-order valence-electron chi connectivity index (χ0n) is 11.7. The van der Waals surface area contributed by atoms with Gasteiger partial charge in [-0.2, -0.15) is 0 Å². The maximum atomic E-state index is 5.90. The van der Waals surface area contributed by atoms with Gasteiger partial charge in [-0.1, -0.05) is 44.3 Å². The topological polar surface area (TPSA) is 48.1 Å². The zero-order valence-corrected chi connectivity index (χ0v) is 12.5. The van der Waals surface area contributed by atoms with Gasteiger partial charge in [-0.15, -0.1) is 0 Å². The lowest BCUT2D eigenvalue weighted by atomic mass is 9.98. The van der Waals surface area contributed by atoms with Gasteiger partial charge in [0.1, 0.15) is 10.7 Å². The van der Waals surface area contributed by atoms with Crippen molar-refractivity contribution in [2.45, 2.75) is 26.2 Å². The van der Waals surface area contributed by atoms with E-state index in [0.29, 0.717) is 16.8 Å². The Labute approximate surface area is 124 Å². The Morgan fingerprint density at radius 3 is 2.80 bits per heavy atom. The average Bonchev–Trinajstić information content (AvgIpc) is 2.47. The van der Waals surface area contributed by atoms with E-state index >= 15 is 0 Å². The number of aromatic nitrogens is 1. The molecule has 1 aromatic carbocycles. The highest BCUT2D eigenvalue weighted by Gasteiger charge is 2.11. The van der Waals surface area contributed by atoms with Crippen LogP contribution in [-0.4, -0.2) is 9.97 Å². The average molecular weight is 286 g/mol. The maximum absolute atomic E-state index is 5.90. The molecule has 0 aliphatic rings. The first kappa shape index (κ1) is 14.5. The molecule has 2 aromatic rings. The van der Waals surface area contributed by atoms with Crippen molar-refractivity contribution in [1.82, 2.24) is 4.98 Å². The zero-order chi connectivity index (χ0) is 14.5. The molecule has 0 aliphatic heterocycles. The number of ether oxygens (including phenoxy) is 1. The molecule has 0 aliphatic carbocycles. The van der Waals surface area contributed by atoms with Crippen LogP contribution in [0.25, 0.3) is 0 Å². The molecule has 0 fully saturated rings. The summed E-state index contributed by atoms with van der Waals surface area (Å²) >= 11 is 4.97. The van der Waals surface area contributed by atoms with Crippen LogP contribution >= 0.6 is 12.2 Å². The molecule has 104 valence electrons. The van der Waals surface area contributed by atoms with E-state index in [-0.39, 0.29) is 0 Å².